The quantitative estimate of drug-likeness (QED) is 0.914. The largest absolute Gasteiger partial charge is 0.316 e. The second kappa shape index (κ2) is 7.86. The van der Waals surface area contributed by atoms with E-state index in [0.717, 1.165) is 47.5 Å². The fourth-order valence-electron chi connectivity index (χ4n) is 3.08. The van der Waals surface area contributed by atoms with E-state index in [2.05, 4.69) is 27.2 Å². The lowest BCUT2D eigenvalue weighted by atomic mass is 9.99. The van der Waals surface area contributed by atoms with Crippen molar-refractivity contribution in [1.29, 1.82) is 0 Å². The van der Waals surface area contributed by atoms with Crippen LogP contribution < -0.4 is 5.32 Å². The maximum Gasteiger partial charge on any atom is 0.159 e. The number of nitrogens with zero attached hydrogens (tertiary/aromatic N) is 3. The fraction of sp³-hybridized carbons (Fsp3) is 0.444. The maximum atomic E-state index is 5.91. The number of aromatic nitrogens is 2. The Morgan fingerprint density at radius 1 is 1.22 bits per heavy atom. The van der Waals surface area contributed by atoms with Crippen molar-refractivity contribution < 1.29 is 0 Å². The molecule has 2 aromatic rings. The first kappa shape index (κ1) is 16.4. The van der Waals surface area contributed by atoms with Gasteiger partial charge in [-0.05, 0) is 63.2 Å². The van der Waals surface area contributed by atoms with Crippen LogP contribution in [-0.2, 0) is 6.54 Å². The van der Waals surface area contributed by atoms with Crippen LogP contribution >= 0.6 is 11.6 Å². The van der Waals surface area contributed by atoms with Crippen molar-refractivity contribution in [3.63, 3.8) is 0 Å². The predicted molar refractivity (Wildman–Crippen MR) is 94.4 cm³/mol. The summed E-state index contributed by atoms with van der Waals surface area (Å²) in [7, 11) is 2.17. The topological polar surface area (TPSA) is 41.1 Å². The van der Waals surface area contributed by atoms with Crippen molar-refractivity contribution in [3.05, 3.63) is 47.2 Å². The van der Waals surface area contributed by atoms with Gasteiger partial charge in [0.05, 0.1) is 0 Å². The lowest BCUT2D eigenvalue weighted by molar-refractivity contribution is 0.237. The van der Waals surface area contributed by atoms with Crippen LogP contribution in [0.1, 0.15) is 18.4 Å². The number of piperidine rings is 1. The lowest BCUT2D eigenvalue weighted by Gasteiger charge is -2.27. The monoisotopic (exact) mass is 330 g/mol. The first-order valence-corrected chi connectivity index (χ1v) is 8.54. The molecule has 0 amide bonds. The standard InChI is InChI=1S/C18H23ClN4/c1-23(12-14-3-2-8-20-9-14)13-15-10-21-18(22-11-15)16-4-6-17(19)7-5-16/h4-7,10-11,14,20H,2-3,8-9,12-13H2,1H3/t14-/m1/s1. The molecule has 1 aromatic carbocycles. The number of hydrogen-bond acceptors (Lipinski definition) is 4. The van der Waals surface area contributed by atoms with Crippen LogP contribution in [-0.4, -0.2) is 41.5 Å². The van der Waals surface area contributed by atoms with Gasteiger partial charge in [-0.3, -0.25) is 0 Å². The Kier molecular flexibility index (Phi) is 5.60. The molecule has 23 heavy (non-hydrogen) atoms. The molecule has 0 unspecified atom stereocenters. The van der Waals surface area contributed by atoms with Crippen molar-refractivity contribution in [2.45, 2.75) is 19.4 Å². The Morgan fingerprint density at radius 2 is 1.96 bits per heavy atom. The Bertz CT molecular complexity index is 606. The highest BCUT2D eigenvalue weighted by Crippen LogP contribution is 2.18. The second-order valence-corrected chi connectivity index (χ2v) is 6.77. The minimum atomic E-state index is 0.726. The number of nitrogens with one attached hydrogen (secondary N) is 1. The molecule has 0 bridgehead atoms. The molecular weight excluding hydrogens is 308 g/mol. The molecule has 122 valence electrons. The van der Waals surface area contributed by atoms with Crippen LogP contribution in [0.25, 0.3) is 11.4 Å². The van der Waals surface area contributed by atoms with Crippen molar-refractivity contribution in [1.82, 2.24) is 20.2 Å². The zero-order valence-corrected chi connectivity index (χ0v) is 14.3. The molecule has 1 saturated heterocycles. The summed E-state index contributed by atoms with van der Waals surface area (Å²) in [6, 6.07) is 7.61. The van der Waals surface area contributed by atoms with Crippen molar-refractivity contribution in [2.24, 2.45) is 5.92 Å². The summed E-state index contributed by atoms with van der Waals surface area (Å²) < 4.78 is 0. The molecule has 1 atom stereocenters. The molecule has 0 aliphatic carbocycles. The van der Waals surface area contributed by atoms with E-state index < -0.39 is 0 Å². The van der Waals surface area contributed by atoms with Crippen LogP contribution in [0.3, 0.4) is 0 Å². The van der Waals surface area contributed by atoms with E-state index in [1.165, 1.54) is 19.4 Å². The van der Waals surface area contributed by atoms with Gasteiger partial charge in [0.25, 0.3) is 0 Å². The molecule has 1 aliphatic rings. The molecule has 2 heterocycles. The summed E-state index contributed by atoms with van der Waals surface area (Å²) in [5, 5.41) is 4.20. The first-order chi connectivity index (χ1) is 11.2. The average molecular weight is 331 g/mol. The SMILES string of the molecule is CN(Cc1cnc(-c2ccc(Cl)cc2)nc1)C[C@@H]1CCCNC1. The maximum absolute atomic E-state index is 5.91. The van der Waals surface area contributed by atoms with E-state index in [4.69, 9.17) is 11.6 Å². The van der Waals surface area contributed by atoms with E-state index in [-0.39, 0.29) is 0 Å². The summed E-state index contributed by atoms with van der Waals surface area (Å²) in [6.07, 6.45) is 6.46. The minimum Gasteiger partial charge on any atom is -0.316 e. The molecular formula is C18H23ClN4. The summed E-state index contributed by atoms with van der Waals surface area (Å²) in [5.74, 6) is 1.49. The van der Waals surface area contributed by atoms with Gasteiger partial charge in [0.2, 0.25) is 0 Å². The van der Waals surface area contributed by atoms with E-state index in [0.29, 0.717) is 0 Å². The third kappa shape index (κ3) is 4.74. The van der Waals surface area contributed by atoms with Crippen LogP contribution in [0.4, 0.5) is 0 Å². The molecule has 1 aliphatic heterocycles. The molecule has 0 spiro atoms. The van der Waals surface area contributed by atoms with Crippen molar-refractivity contribution in [2.75, 3.05) is 26.7 Å². The zero-order chi connectivity index (χ0) is 16.1. The van der Waals surface area contributed by atoms with Gasteiger partial charge in [-0.1, -0.05) is 11.6 Å². The number of halogens is 1. The molecule has 3 rings (SSSR count). The normalized spacial score (nSPS) is 18.3. The zero-order valence-electron chi connectivity index (χ0n) is 13.5. The molecule has 1 aromatic heterocycles. The van der Waals surface area contributed by atoms with Gasteiger partial charge in [-0.25, -0.2) is 9.97 Å². The smallest absolute Gasteiger partial charge is 0.159 e. The minimum absolute atomic E-state index is 0.726. The van der Waals surface area contributed by atoms with Gasteiger partial charge in [0.15, 0.2) is 5.82 Å². The van der Waals surface area contributed by atoms with E-state index in [1.54, 1.807) is 0 Å². The van der Waals surface area contributed by atoms with E-state index in [9.17, 15) is 0 Å². The molecule has 0 saturated carbocycles. The molecule has 1 N–H and O–H groups in total. The first-order valence-electron chi connectivity index (χ1n) is 8.17. The molecule has 0 radical (unpaired) electrons. The lowest BCUT2D eigenvalue weighted by Crippen LogP contribution is -2.36. The Morgan fingerprint density at radius 3 is 2.61 bits per heavy atom. The molecule has 1 fully saturated rings. The van der Waals surface area contributed by atoms with Crippen LogP contribution in [0.5, 0.6) is 0 Å². The van der Waals surface area contributed by atoms with Crippen molar-refractivity contribution in [3.8, 4) is 11.4 Å². The number of rotatable bonds is 5. The van der Waals surface area contributed by atoms with Crippen LogP contribution in [0.15, 0.2) is 36.7 Å². The average Bonchev–Trinajstić information content (AvgIpc) is 2.57. The fourth-order valence-corrected chi connectivity index (χ4v) is 3.21. The van der Waals surface area contributed by atoms with Gasteiger partial charge < -0.3 is 10.2 Å². The van der Waals surface area contributed by atoms with Crippen LogP contribution in [0.2, 0.25) is 5.02 Å². The third-order valence-electron chi connectivity index (χ3n) is 4.23. The Balaban J connectivity index is 1.57. The van der Waals surface area contributed by atoms with E-state index >= 15 is 0 Å². The van der Waals surface area contributed by atoms with Crippen molar-refractivity contribution >= 4 is 11.6 Å². The summed E-state index contributed by atoms with van der Waals surface area (Å²) in [5.41, 5.74) is 2.14. The Hall–Kier alpha value is -1.49. The van der Waals surface area contributed by atoms with Crippen LogP contribution in [0, 0.1) is 5.92 Å². The number of benzene rings is 1. The summed E-state index contributed by atoms with van der Waals surface area (Å²) in [4.78, 5) is 11.3. The van der Waals surface area contributed by atoms with E-state index in [1.807, 2.05) is 36.7 Å². The molecule has 4 nitrogen and oxygen atoms in total. The summed E-state index contributed by atoms with van der Waals surface area (Å²) >= 11 is 5.91. The predicted octanol–water partition coefficient (Wildman–Crippen LogP) is 3.23. The number of hydrogen-bond donors (Lipinski definition) is 1. The van der Waals surface area contributed by atoms with Gasteiger partial charge in [-0.15, -0.1) is 0 Å². The van der Waals surface area contributed by atoms with Gasteiger partial charge in [-0.2, -0.15) is 0 Å². The second-order valence-electron chi connectivity index (χ2n) is 6.33. The highest BCUT2D eigenvalue weighted by Gasteiger charge is 2.15. The summed E-state index contributed by atoms with van der Waals surface area (Å²) in [6.45, 7) is 4.31. The highest BCUT2D eigenvalue weighted by molar-refractivity contribution is 6.30. The van der Waals surface area contributed by atoms with Gasteiger partial charge in [0.1, 0.15) is 0 Å². The molecule has 5 heteroatoms. The third-order valence-corrected chi connectivity index (χ3v) is 4.48. The van der Waals surface area contributed by atoms with Gasteiger partial charge >= 0.3 is 0 Å². The highest BCUT2D eigenvalue weighted by atomic mass is 35.5. The van der Waals surface area contributed by atoms with Gasteiger partial charge in [0, 0.05) is 41.6 Å². The Labute approximate surface area is 142 Å².